The van der Waals surface area contributed by atoms with Gasteiger partial charge in [0.2, 0.25) is 4.96 Å². The van der Waals surface area contributed by atoms with Crippen molar-refractivity contribution in [3.8, 4) is 11.4 Å². The number of halogens is 3. The number of benzene rings is 1. The third-order valence-electron chi connectivity index (χ3n) is 2.39. The fraction of sp³-hybridized carbons (Fsp3) is 0.0909. The highest BCUT2D eigenvalue weighted by Crippen LogP contribution is 2.25. The third kappa shape index (κ3) is 2.66. The lowest BCUT2D eigenvalue weighted by atomic mass is 10.2. The normalized spacial score (nSPS) is 10.6. The summed E-state index contributed by atoms with van der Waals surface area (Å²) in [6, 6.07) is 7.65. The molecule has 0 radical (unpaired) electrons. The second kappa shape index (κ2) is 6.02. The maximum atomic E-state index is 5.88. The molecule has 3 rings (SSSR count). The van der Waals surface area contributed by atoms with Gasteiger partial charge in [0.05, 0.1) is 0 Å². The molecule has 94 valence electrons. The van der Waals surface area contributed by atoms with Crippen LogP contribution in [0.3, 0.4) is 0 Å². The summed E-state index contributed by atoms with van der Waals surface area (Å²) < 4.78 is 3.02. The van der Waals surface area contributed by atoms with E-state index in [0.717, 1.165) is 25.8 Å². The zero-order valence-corrected chi connectivity index (χ0v) is 15.1. The van der Waals surface area contributed by atoms with E-state index in [2.05, 4.69) is 39.0 Å². The van der Waals surface area contributed by atoms with E-state index in [1.807, 2.05) is 28.7 Å². The van der Waals surface area contributed by atoms with E-state index in [9.17, 15) is 0 Å². The van der Waals surface area contributed by atoms with Gasteiger partial charge in [0.15, 0.2) is 5.82 Å². The third-order valence-corrected chi connectivity index (χ3v) is 4.96. The van der Waals surface area contributed by atoms with Crippen molar-refractivity contribution in [3.05, 3.63) is 40.4 Å². The van der Waals surface area contributed by atoms with Gasteiger partial charge in [-0.15, -0.1) is 34.2 Å². The van der Waals surface area contributed by atoms with Crippen molar-refractivity contribution in [2.45, 2.75) is 4.43 Å². The quantitative estimate of drug-likeness (QED) is 0.376. The van der Waals surface area contributed by atoms with Crippen molar-refractivity contribution in [1.82, 2.24) is 14.6 Å². The number of nitrogens with zero attached hydrogens (tertiary/aromatic N) is 3. The molecule has 0 fully saturated rings. The van der Waals surface area contributed by atoms with Crippen LogP contribution in [0.1, 0.15) is 4.88 Å². The smallest absolute Gasteiger partial charge is 0.216 e. The number of hydrogen-bond acceptors (Lipinski definition) is 3. The summed E-state index contributed by atoms with van der Waals surface area (Å²) in [6.07, 6.45) is 2.09. The minimum absolute atomic E-state index is 0. The minimum atomic E-state index is 0. The Hall–Kier alpha value is 0.0700. The minimum Gasteiger partial charge on any atom is -0.273 e. The van der Waals surface area contributed by atoms with Gasteiger partial charge < -0.3 is 0 Å². The zero-order valence-electron chi connectivity index (χ0n) is 9.01. The van der Waals surface area contributed by atoms with Gasteiger partial charge in [0.1, 0.15) is 0 Å². The van der Waals surface area contributed by atoms with Crippen molar-refractivity contribution in [1.29, 1.82) is 0 Å². The summed E-state index contributed by atoms with van der Waals surface area (Å²) in [5.41, 5.74) is 1.03. The van der Waals surface area contributed by atoms with Crippen LogP contribution in [0.2, 0.25) is 5.02 Å². The molecule has 0 N–H and O–H groups in total. The molecule has 0 saturated carbocycles. The highest BCUT2D eigenvalue weighted by Gasteiger charge is 2.10. The van der Waals surface area contributed by atoms with Gasteiger partial charge in [0, 0.05) is 26.1 Å². The molecule has 1 aromatic carbocycles. The summed E-state index contributed by atoms with van der Waals surface area (Å²) in [5.74, 6) is 0.865. The van der Waals surface area contributed by atoms with Crippen LogP contribution in [0, 0.1) is 0 Å². The first-order chi connectivity index (χ1) is 8.28. The van der Waals surface area contributed by atoms with Crippen LogP contribution in [-0.4, -0.2) is 14.6 Å². The first-order valence-corrected chi connectivity index (χ1v) is 7.65. The van der Waals surface area contributed by atoms with Crippen molar-refractivity contribution in [3.63, 3.8) is 0 Å². The van der Waals surface area contributed by atoms with Gasteiger partial charge in [-0.25, -0.2) is 0 Å². The topological polar surface area (TPSA) is 30.2 Å². The van der Waals surface area contributed by atoms with Crippen LogP contribution < -0.4 is 0 Å². The summed E-state index contributed by atoms with van der Waals surface area (Å²) in [5, 5.41) is 9.12. The van der Waals surface area contributed by atoms with E-state index >= 15 is 0 Å². The molecule has 2 aromatic heterocycles. The van der Waals surface area contributed by atoms with E-state index in [4.69, 9.17) is 11.6 Å². The lowest BCUT2D eigenvalue weighted by Crippen LogP contribution is -1.86. The molecule has 0 unspecified atom stereocenters. The highest BCUT2D eigenvalue weighted by molar-refractivity contribution is 14.1. The van der Waals surface area contributed by atoms with Gasteiger partial charge in [-0.3, -0.25) is 4.40 Å². The van der Waals surface area contributed by atoms with Gasteiger partial charge in [0.25, 0.3) is 0 Å². The number of fused-ring (bicyclic) bond motifs is 1. The van der Waals surface area contributed by atoms with Crippen LogP contribution in [-0.2, 0) is 4.43 Å². The Morgan fingerprint density at radius 2 is 1.94 bits per heavy atom. The van der Waals surface area contributed by atoms with Crippen LogP contribution in [0.25, 0.3) is 16.3 Å². The number of alkyl halides is 1. The Labute approximate surface area is 144 Å². The van der Waals surface area contributed by atoms with E-state index in [0.29, 0.717) is 0 Å². The molecule has 0 spiro atoms. The molecule has 0 aliphatic rings. The summed E-state index contributed by atoms with van der Waals surface area (Å²) in [6.45, 7) is 0. The van der Waals surface area contributed by atoms with Gasteiger partial charge in [-0.2, -0.15) is 0 Å². The van der Waals surface area contributed by atoms with Crippen molar-refractivity contribution < 1.29 is 0 Å². The molecule has 0 bridgehead atoms. The van der Waals surface area contributed by atoms with E-state index in [-0.39, 0.29) is 24.0 Å². The predicted octanol–water partition coefficient (Wildman–Crippen LogP) is 4.66. The summed E-state index contributed by atoms with van der Waals surface area (Å²) >= 11 is 9.90. The lowest BCUT2D eigenvalue weighted by molar-refractivity contribution is 1.11. The molecule has 2 heterocycles. The average molecular weight is 504 g/mol. The van der Waals surface area contributed by atoms with E-state index in [1.165, 1.54) is 4.88 Å². The molecule has 0 saturated heterocycles. The molecule has 18 heavy (non-hydrogen) atoms. The van der Waals surface area contributed by atoms with E-state index in [1.54, 1.807) is 11.3 Å². The molecular formula is C11H8ClI2N3S. The Morgan fingerprint density at radius 1 is 1.22 bits per heavy atom. The van der Waals surface area contributed by atoms with Gasteiger partial charge in [-0.05, 0) is 24.3 Å². The number of rotatable bonds is 2. The van der Waals surface area contributed by atoms with Crippen LogP contribution in [0.5, 0.6) is 0 Å². The maximum absolute atomic E-state index is 5.88. The Bertz CT molecular complexity index is 663. The Kier molecular flexibility index (Phi) is 4.84. The highest BCUT2D eigenvalue weighted by atomic mass is 127. The molecule has 0 aliphatic heterocycles. The predicted molar refractivity (Wildman–Crippen MR) is 94.4 cm³/mol. The van der Waals surface area contributed by atoms with Crippen molar-refractivity contribution in [2.75, 3.05) is 0 Å². The first kappa shape index (κ1) is 14.5. The maximum Gasteiger partial charge on any atom is 0.216 e. The largest absolute Gasteiger partial charge is 0.273 e. The van der Waals surface area contributed by atoms with Crippen LogP contribution in [0.4, 0.5) is 0 Å². The second-order valence-corrected chi connectivity index (χ2v) is 5.81. The standard InChI is InChI=1S/C11H7ClIN3S.HI/c12-8-3-1-7(2-4-8)10-14-15-11-16(10)6-9(5-13)17-11;/h1-4,6H,5H2;1H. The number of thiazole rings is 1. The molecule has 3 nitrogen and oxygen atoms in total. The van der Waals surface area contributed by atoms with Crippen LogP contribution >= 0.6 is 69.5 Å². The summed E-state index contributed by atoms with van der Waals surface area (Å²) in [7, 11) is 0. The fourth-order valence-corrected chi connectivity index (χ4v) is 3.16. The Balaban J connectivity index is 0.00000120. The second-order valence-electron chi connectivity index (χ2n) is 3.51. The van der Waals surface area contributed by atoms with E-state index < -0.39 is 0 Å². The molecule has 0 aliphatic carbocycles. The van der Waals surface area contributed by atoms with Crippen LogP contribution in [0.15, 0.2) is 30.5 Å². The molecular weight excluding hydrogens is 495 g/mol. The number of hydrogen-bond donors (Lipinski definition) is 0. The fourth-order valence-electron chi connectivity index (χ4n) is 1.61. The Morgan fingerprint density at radius 3 is 2.61 bits per heavy atom. The molecule has 0 amide bonds. The SMILES string of the molecule is Clc1ccc(-c2nnc3sc(CI)cn23)cc1.I. The van der Waals surface area contributed by atoms with Gasteiger partial charge >= 0.3 is 0 Å². The van der Waals surface area contributed by atoms with Crippen molar-refractivity contribution in [2.24, 2.45) is 0 Å². The zero-order chi connectivity index (χ0) is 11.8. The van der Waals surface area contributed by atoms with Crippen molar-refractivity contribution >= 4 is 74.5 Å². The monoisotopic (exact) mass is 503 g/mol. The average Bonchev–Trinajstić information content (AvgIpc) is 2.89. The lowest BCUT2D eigenvalue weighted by Gasteiger charge is -1.97. The molecule has 7 heteroatoms. The summed E-state index contributed by atoms with van der Waals surface area (Å²) in [4.78, 5) is 2.23. The molecule has 0 atom stereocenters. The molecule has 3 aromatic rings. The first-order valence-electron chi connectivity index (χ1n) is 4.93. The number of aromatic nitrogens is 3. The van der Waals surface area contributed by atoms with Gasteiger partial charge in [-0.1, -0.05) is 45.5 Å².